The number of carbonyl (C=O) groups excluding carboxylic acids is 1. The molecule has 1 aromatic heterocycles. The summed E-state index contributed by atoms with van der Waals surface area (Å²) in [5.74, 6) is -0.812. The smallest absolute Gasteiger partial charge is 0.269 e. The van der Waals surface area contributed by atoms with Crippen LogP contribution in [0.2, 0.25) is 0 Å². The van der Waals surface area contributed by atoms with Crippen molar-refractivity contribution in [3.8, 4) is 11.9 Å². The highest BCUT2D eigenvalue weighted by atomic mass is 16.6. The predicted molar refractivity (Wildman–Crippen MR) is 92.6 cm³/mol. The monoisotopic (exact) mass is 366 g/mol. The minimum atomic E-state index is -1.67. The van der Waals surface area contributed by atoms with Crippen LogP contribution in [0, 0.1) is 21.4 Å². The van der Waals surface area contributed by atoms with Gasteiger partial charge in [0.05, 0.1) is 10.5 Å². The number of aromatic amines is 1. The minimum Gasteiger partial charge on any atom is -0.420 e. The first-order valence-electron chi connectivity index (χ1n) is 8.09. The molecule has 0 saturated heterocycles. The number of H-pyrrole nitrogens is 1. The van der Waals surface area contributed by atoms with Gasteiger partial charge in [-0.3, -0.25) is 20.0 Å². The lowest BCUT2D eigenvalue weighted by Gasteiger charge is -2.32. The van der Waals surface area contributed by atoms with Gasteiger partial charge in [-0.05, 0) is 12.0 Å². The number of nitro benzene ring substituents is 1. The highest BCUT2D eigenvalue weighted by molar-refractivity contribution is 6.13. The van der Waals surface area contributed by atoms with Crippen molar-refractivity contribution in [2.24, 2.45) is 5.73 Å². The van der Waals surface area contributed by atoms with Gasteiger partial charge >= 0.3 is 0 Å². The van der Waals surface area contributed by atoms with Crippen LogP contribution in [0.5, 0.6) is 5.88 Å². The molecule has 1 atom stereocenters. The fourth-order valence-corrected chi connectivity index (χ4v) is 3.70. The molecule has 2 aromatic rings. The van der Waals surface area contributed by atoms with Crippen molar-refractivity contribution in [2.45, 2.75) is 25.2 Å². The van der Waals surface area contributed by atoms with Crippen molar-refractivity contribution >= 4 is 17.3 Å². The van der Waals surface area contributed by atoms with Gasteiger partial charge in [0.25, 0.3) is 5.69 Å². The number of nitro groups is 1. The van der Waals surface area contributed by atoms with Gasteiger partial charge in [0, 0.05) is 29.1 Å². The first-order chi connectivity index (χ1) is 12.8. The van der Waals surface area contributed by atoms with Crippen molar-refractivity contribution in [2.75, 3.05) is 5.32 Å². The SMILES string of the molecule is CC(C)c1[nH]nc2c1[C@]1(C(=O)Nc3ccc([N+](=O)[O-])cc31)C(C#N)=C(N)O2. The zero-order valence-electron chi connectivity index (χ0n) is 14.4. The molecular formula is C17H14N6O4. The Hall–Kier alpha value is -3.87. The molecular weight excluding hydrogens is 352 g/mol. The van der Waals surface area contributed by atoms with Gasteiger partial charge in [-0.15, -0.1) is 5.10 Å². The number of anilines is 1. The summed E-state index contributed by atoms with van der Waals surface area (Å²) in [6, 6.07) is 5.97. The number of carbonyl (C=O) groups is 1. The van der Waals surface area contributed by atoms with Crippen molar-refractivity contribution in [3.63, 3.8) is 0 Å². The van der Waals surface area contributed by atoms with Crippen LogP contribution in [-0.2, 0) is 10.2 Å². The van der Waals surface area contributed by atoms with Gasteiger partial charge in [0.2, 0.25) is 17.7 Å². The summed E-state index contributed by atoms with van der Waals surface area (Å²) in [6.45, 7) is 3.77. The second kappa shape index (κ2) is 5.31. The lowest BCUT2D eigenvalue weighted by molar-refractivity contribution is -0.384. The number of fused-ring (bicyclic) bond motifs is 4. The first kappa shape index (κ1) is 16.6. The predicted octanol–water partition coefficient (Wildman–Crippen LogP) is 1.77. The molecule has 1 amide bonds. The molecule has 4 rings (SSSR count). The number of benzene rings is 1. The third kappa shape index (κ3) is 1.93. The standard InChI is InChI=1S/C17H14N6O4/c1-7(2)13-12-15(22-21-13)27-14(19)10(6-18)17(12)9-5-8(23(25)26)3-4-11(9)20-16(17)24/h3-5,7H,19H2,1-2H3,(H,20,24)(H,21,22)/t17-/m1/s1. The zero-order chi connectivity index (χ0) is 19.5. The van der Waals surface area contributed by atoms with Crippen LogP contribution in [0.25, 0.3) is 0 Å². The van der Waals surface area contributed by atoms with Crippen molar-refractivity contribution in [1.29, 1.82) is 5.26 Å². The number of non-ortho nitro benzene ring substituents is 1. The van der Waals surface area contributed by atoms with Crippen LogP contribution < -0.4 is 15.8 Å². The second-order valence-electron chi connectivity index (χ2n) is 6.62. The molecule has 2 aliphatic heterocycles. The normalized spacial score (nSPS) is 20.1. The fraction of sp³-hybridized carbons (Fsp3) is 0.235. The molecule has 0 bridgehead atoms. The van der Waals surface area contributed by atoms with E-state index in [0.29, 0.717) is 16.9 Å². The summed E-state index contributed by atoms with van der Waals surface area (Å²) in [4.78, 5) is 24.0. The van der Waals surface area contributed by atoms with Crippen LogP contribution in [0.15, 0.2) is 29.7 Å². The molecule has 1 spiro atoms. The highest BCUT2D eigenvalue weighted by Gasteiger charge is 2.59. The Morgan fingerprint density at radius 3 is 2.81 bits per heavy atom. The maximum Gasteiger partial charge on any atom is 0.269 e. The van der Waals surface area contributed by atoms with Crippen molar-refractivity contribution in [3.05, 3.63) is 56.6 Å². The fourth-order valence-electron chi connectivity index (χ4n) is 3.70. The van der Waals surface area contributed by atoms with Gasteiger partial charge < -0.3 is 15.8 Å². The van der Waals surface area contributed by atoms with E-state index in [0.717, 1.165) is 0 Å². The van der Waals surface area contributed by atoms with Gasteiger partial charge in [-0.2, -0.15) is 5.26 Å². The first-order valence-corrected chi connectivity index (χ1v) is 8.09. The molecule has 4 N–H and O–H groups in total. The quantitative estimate of drug-likeness (QED) is 0.539. The third-order valence-electron chi connectivity index (χ3n) is 4.86. The van der Waals surface area contributed by atoms with E-state index in [1.54, 1.807) is 0 Å². The van der Waals surface area contributed by atoms with E-state index in [-0.39, 0.29) is 34.5 Å². The second-order valence-corrected chi connectivity index (χ2v) is 6.62. The Morgan fingerprint density at radius 1 is 1.44 bits per heavy atom. The Labute approximate surface area is 152 Å². The molecule has 136 valence electrons. The van der Waals surface area contributed by atoms with Crippen LogP contribution in [-0.4, -0.2) is 21.0 Å². The van der Waals surface area contributed by atoms with E-state index in [1.165, 1.54) is 18.2 Å². The molecule has 10 heteroatoms. The maximum atomic E-state index is 13.2. The molecule has 1 aromatic carbocycles. The molecule has 0 radical (unpaired) electrons. The molecule has 0 aliphatic carbocycles. The number of nitrogens with zero attached hydrogens (tertiary/aromatic N) is 3. The largest absolute Gasteiger partial charge is 0.420 e. The van der Waals surface area contributed by atoms with Gasteiger partial charge in [-0.1, -0.05) is 13.8 Å². The molecule has 2 aliphatic rings. The molecule has 3 heterocycles. The Balaban J connectivity index is 2.16. The minimum absolute atomic E-state index is 0.0738. The average molecular weight is 366 g/mol. The zero-order valence-corrected chi connectivity index (χ0v) is 14.4. The Morgan fingerprint density at radius 2 is 2.19 bits per heavy atom. The molecule has 10 nitrogen and oxygen atoms in total. The number of hydrogen-bond donors (Lipinski definition) is 3. The van der Waals surface area contributed by atoms with E-state index in [4.69, 9.17) is 10.5 Å². The van der Waals surface area contributed by atoms with Crippen LogP contribution >= 0.6 is 0 Å². The molecule has 27 heavy (non-hydrogen) atoms. The van der Waals surface area contributed by atoms with E-state index < -0.39 is 16.2 Å². The number of ether oxygens (including phenoxy) is 1. The highest BCUT2D eigenvalue weighted by Crippen LogP contribution is 2.55. The van der Waals surface area contributed by atoms with E-state index in [2.05, 4.69) is 15.5 Å². The van der Waals surface area contributed by atoms with Gasteiger partial charge in [0.15, 0.2) is 0 Å². The topological polar surface area (TPSA) is 160 Å². The Kier molecular flexibility index (Phi) is 3.26. The van der Waals surface area contributed by atoms with Crippen LogP contribution in [0.3, 0.4) is 0 Å². The molecule has 0 fully saturated rings. The van der Waals surface area contributed by atoms with Crippen LogP contribution in [0.4, 0.5) is 11.4 Å². The van der Waals surface area contributed by atoms with Gasteiger partial charge in [-0.25, -0.2) is 0 Å². The lowest BCUT2D eigenvalue weighted by atomic mass is 9.68. The maximum absolute atomic E-state index is 13.2. The lowest BCUT2D eigenvalue weighted by Crippen LogP contribution is -2.42. The number of rotatable bonds is 2. The summed E-state index contributed by atoms with van der Waals surface area (Å²) < 4.78 is 5.47. The summed E-state index contributed by atoms with van der Waals surface area (Å²) >= 11 is 0. The number of nitrogens with one attached hydrogen (secondary N) is 2. The van der Waals surface area contributed by atoms with Crippen molar-refractivity contribution < 1.29 is 14.5 Å². The van der Waals surface area contributed by atoms with E-state index in [9.17, 15) is 20.2 Å². The Bertz CT molecular complexity index is 1090. The number of amides is 1. The summed E-state index contributed by atoms with van der Waals surface area (Å²) in [6.07, 6.45) is 0. The number of hydrogen-bond acceptors (Lipinski definition) is 7. The molecule has 0 unspecified atom stereocenters. The van der Waals surface area contributed by atoms with E-state index in [1.807, 2.05) is 19.9 Å². The van der Waals surface area contributed by atoms with Gasteiger partial charge in [0.1, 0.15) is 17.1 Å². The van der Waals surface area contributed by atoms with Crippen LogP contribution in [0.1, 0.15) is 36.6 Å². The number of nitriles is 1. The van der Waals surface area contributed by atoms with E-state index >= 15 is 0 Å². The molecule has 0 saturated carbocycles. The number of aromatic nitrogens is 2. The average Bonchev–Trinajstić information content (AvgIpc) is 3.15. The number of nitrogens with two attached hydrogens (primary N) is 1. The summed E-state index contributed by atoms with van der Waals surface area (Å²) in [5, 5.41) is 30.7. The summed E-state index contributed by atoms with van der Waals surface area (Å²) in [5.41, 5.74) is 5.50. The third-order valence-corrected chi connectivity index (χ3v) is 4.86. The van der Waals surface area contributed by atoms with Crippen molar-refractivity contribution in [1.82, 2.24) is 10.2 Å². The summed E-state index contributed by atoms with van der Waals surface area (Å²) in [7, 11) is 0.